The largest absolute Gasteiger partial charge is 0.366 e. The Balaban J connectivity index is 2.40. The van der Waals surface area contributed by atoms with Crippen molar-refractivity contribution in [1.82, 2.24) is 5.32 Å². The van der Waals surface area contributed by atoms with E-state index in [0.717, 1.165) is 18.0 Å². The molecule has 1 rings (SSSR count). The molecule has 0 aliphatic heterocycles. The summed E-state index contributed by atoms with van der Waals surface area (Å²) in [6.45, 7) is 6.14. The Morgan fingerprint density at radius 3 is 2.81 bits per heavy atom. The summed E-state index contributed by atoms with van der Waals surface area (Å²) in [5.74, 6) is -0.355. The summed E-state index contributed by atoms with van der Waals surface area (Å²) < 4.78 is 0.240. The second-order valence-electron chi connectivity index (χ2n) is 4.23. The molecule has 0 unspecified atom stereocenters. The zero-order chi connectivity index (χ0) is 12.2. The van der Waals surface area contributed by atoms with Gasteiger partial charge < -0.3 is 11.1 Å². The first kappa shape index (κ1) is 13.5. The van der Waals surface area contributed by atoms with Crippen LogP contribution in [0.25, 0.3) is 0 Å². The van der Waals surface area contributed by atoms with Crippen molar-refractivity contribution >= 4 is 29.0 Å². The van der Waals surface area contributed by atoms with Crippen LogP contribution < -0.4 is 11.1 Å². The lowest BCUT2D eigenvalue weighted by atomic mass is 10.2. The van der Waals surface area contributed by atoms with E-state index in [0.29, 0.717) is 5.56 Å². The van der Waals surface area contributed by atoms with Gasteiger partial charge in [0, 0.05) is 28.1 Å². The predicted molar refractivity (Wildman–Crippen MR) is 72.1 cm³/mol. The number of hydrogen-bond donors (Lipinski definition) is 2. The van der Waals surface area contributed by atoms with Crippen LogP contribution in [0.2, 0.25) is 0 Å². The Hall–Kier alpha value is -0.520. The predicted octanol–water partition coefficient (Wildman–Crippen LogP) is 2.08. The van der Waals surface area contributed by atoms with E-state index < -0.39 is 0 Å². The second-order valence-corrected chi connectivity index (χ2v) is 6.74. The molecule has 0 spiro atoms. The van der Waals surface area contributed by atoms with Gasteiger partial charge in [0.1, 0.15) is 0 Å². The molecule has 3 N–H and O–H groups in total. The van der Waals surface area contributed by atoms with Gasteiger partial charge in [-0.3, -0.25) is 4.79 Å². The lowest BCUT2D eigenvalue weighted by Gasteiger charge is -2.22. The fourth-order valence-corrected chi connectivity index (χ4v) is 2.25. The third-order valence-corrected chi connectivity index (χ3v) is 4.53. The van der Waals surface area contributed by atoms with Crippen LogP contribution in [0.4, 0.5) is 0 Å². The molecule has 90 valence electrons. The standard InChI is InChI=1S/C11H18N2OS2/c1-11(2,15-3)7-13-5-9-4-8(6-16-9)10(12)14/h4,6,13H,5,7H2,1-3H3,(H2,12,14). The molecule has 1 heterocycles. The van der Waals surface area contributed by atoms with E-state index in [1.54, 1.807) is 16.7 Å². The van der Waals surface area contributed by atoms with Crippen LogP contribution in [0.5, 0.6) is 0 Å². The van der Waals surface area contributed by atoms with Gasteiger partial charge in [-0.05, 0) is 26.2 Å². The Bertz CT molecular complexity index is 361. The van der Waals surface area contributed by atoms with E-state index in [4.69, 9.17) is 5.73 Å². The number of primary amides is 1. The number of carbonyl (C=O) groups excluding carboxylic acids is 1. The van der Waals surface area contributed by atoms with Gasteiger partial charge in [0.15, 0.2) is 0 Å². The van der Waals surface area contributed by atoms with Gasteiger partial charge in [-0.25, -0.2) is 0 Å². The van der Waals surface area contributed by atoms with Gasteiger partial charge in [0.05, 0.1) is 5.56 Å². The zero-order valence-electron chi connectivity index (χ0n) is 9.87. The molecule has 1 amide bonds. The third-order valence-electron chi connectivity index (χ3n) is 2.34. The van der Waals surface area contributed by atoms with Gasteiger partial charge in [-0.15, -0.1) is 11.3 Å². The van der Waals surface area contributed by atoms with Crippen molar-refractivity contribution in [3.8, 4) is 0 Å². The number of rotatable bonds is 6. The van der Waals surface area contributed by atoms with Gasteiger partial charge in [-0.1, -0.05) is 0 Å². The number of hydrogen-bond acceptors (Lipinski definition) is 4. The van der Waals surface area contributed by atoms with Crippen LogP contribution in [0.1, 0.15) is 29.1 Å². The highest BCUT2D eigenvalue weighted by molar-refractivity contribution is 7.99. The Labute approximate surface area is 105 Å². The van der Waals surface area contributed by atoms with Gasteiger partial charge in [0.25, 0.3) is 0 Å². The fraction of sp³-hybridized carbons (Fsp3) is 0.545. The van der Waals surface area contributed by atoms with Crippen LogP contribution >= 0.6 is 23.1 Å². The lowest BCUT2D eigenvalue weighted by Crippen LogP contribution is -2.31. The number of thioether (sulfide) groups is 1. The average molecular weight is 258 g/mol. The molecule has 0 aliphatic carbocycles. The maximum Gasteiger partial charge on any atom is 0.249 e. The van der Waals surface area contributed by atoms with Gasteiger partial charge in [0.2, 0.25) is 5.91 Å². The first-order chi connectivity index (χ1) is 7.44. The minimum absolute atomic E-state index is 0.240. The van der Waals surface area contributed by atoms with E-state index in [1.165, 1.54) is 0 Å². The first-order valence-corrected chi connectivity index (χ1v) is 7.18. The molecule has 1 aromatic heterocycles. The maximum absolute atomic E-state index is 10.9. The molecule has 0 atom stereocenters. The van der Waals surface area contributed by atoms with Gasteiger partial charge in [-0.2, -0.15) is 11.8 Å². The molecule has 16 heavy (non-hydrogen) atoms. The molecule has 0 saturated heterocycles. The molecule has 0 fully saturated rings. The van der Waals surface area contributed by atoms with E-state index in [2.05, 4.69) is 25.4 Å². The number of nitrogens with one attached hydrogen (secondary N) is 1. The van der Waals surface area contributed by atoms with Crippen molar-refractivity contribution in [2.45, 2.75) is 25.1 Å². The van der Waals surface area contributed by atoms with E-state index in [9.17, 15) is 4.79 Å². The topological polar surface area (TPSA) is 55.1 Å². The summed E-state index contributed by atoms with van der Waals surface area (Å²) in [5, 5.41) is 5.19. The average Bonchev–Trinajstić information content (AvgIpc) is 2.66. The highest BCUT2D eigenvalue weighted by Gasteiger charge is 2.15. The fourth-order valence-electron chi connectivity index (χ4n) is 1.16. The Morgan fingerprint density at radius 2 is 2.31 bits per heavy atom. The summed E-state index contributed by atoms with van der Waals surface area (Å²) in [6, 6.07) is 1.85. The monoisotopic (exact) mass is 258 g/mol. The Kier molecular flexibility index (Phi) is 4.83. The molecule has 0 saturated carbocycles. The highest BCUT2D eigenvalue weighted by atomic mass is 32.2. The summed E-state index contributed by atoms with van der Waals surface area (Å²) >= 11 is 3.41. The van der Waals surface area contributed by atoms with Crippen molar-refractivity contribution in [3.05, 3.63) is 21.9 Å². The van der Waals surface area contributed by atoms with Crippen LogP contribution in [-0.2, 0) is 6.54 Å². The van der Waals surface area contributed by atoms with E-state index in [-0.39, 0.29) is 10.7 Å². The molecule has 0 radical (unpaired) electrons. The summed E-state index contributed by atoms with van der Waals surface area (Å²) in [6.07, 6.45) is 2.11. The van der Waals surface area contributed by atoms with Crippen molar-refractivity contribution in [1.29, 1.82) is 0 Å². The second kappa shape index (κ2) is 5.70. The van der Waals surface area contributed by atoms with Gasteiger partial charge >= 0.3 is 0 Å². The normalized spacial score (nSPS) is 11.7. The molecular weight excluding hydrogens is 240 g/mol. The maximum atomic E-state index is 10.9. The highest BCUT2D eigenvalue weighted by Crippen LogP contribution is 2.20. The van der Waals surface area contributed by atoms with Crippen LogP contribution in [0.3, 0.4) is 0 Å². The number of amides is 1. The van der Waals surface area contributed by atoms with Crippen molar-refractivity contribution in [3.63, 3.8) is 0 Å². The molecule has 0 aliphatic rings. The molecule has 0 aromatic carbocycles. The quantitative estimate of drug-likeness (QED) is 0.821. The van der Waals surface area contributed by atoms with Crippen molar-refractivity contribution in [2.75, 3.05) is 12.8 Å². The van der Waals surface area contributed by atoms with Crippen molar-refractivity contribution in [2.24, 2.45) is 5.73 Å². The summed E-state index contributed by atoms with van der Waals surface area (Å²) in [4.78, 5) is 12.0. The summed E-state index contributed by atoms with van der Waals surface area (Å²) in [5.41, 5.74) is 5.79. The van der Waals surface area contributed by atoms with Crippen molar-refractivity contribution < 1.29 is 4.79 Å². The molecule has 1 aromatic rings. The number of thiophene rings is 1. The lowest BCUT2D eigenvalue weighted by molar-refractivity contribution is 0.100. The molecule has 0 bridgehead atoms. The van der Waals surface area contributed by atoms with Crippen LogP contribution in [0, 0.1) is 0 Å². The number of nitrogens with two attached hydrogens (primary N) is 1. The van der Waals surface area contributed by atoms with E-state index >= 15 is 0 Å². The third kappa shape index (κ3) is 4.15. The Morgan fingerprint density at radius 1 is 1.62 bits per heavy atom. The first-order valence-electron chi connectivity index (χ1n) is 5.08. The van der Waals surface area contributed by atoms with Crippen LogP contribution in [-0.4, -0.2) is 23.5 Å². The molecular formula is C11H18N2OS2. The van der Waals surface area contributed by atoms with Crippen LogP contribution in [0.15, 0.2) is 11.4 Å². The SMILES string of the molecule is CSC(C)(C)CNCc1cc(C(N)=O)cs1. The minimum atomic E-state index is -0.355. The summed E-state index contributed by atoms with van der Waals surface area (Å²) in [7, 11) is 0. The zero-order valence-corrected chi connectivity index (χ0v) is 11.5. The van der Waals surface area contributed by atoms with E-state index in [1.807, 2.05) is 17.8 Å². The molecule has 5 heteroatoms. The molecule has 3 nitrogen and oxygen atoms in total. The number of carbonyl (C=O) groups is 1. The minimum Gasteiger partial charge on any atom is -0.366 e. The smallest absolute Gasteiger partial charge is 0.249 e.